The molecule has 1 unspecified atom stereocenters. The Balaban J connectivity index is 1.47. The Kier molecular flexibility index (Phi) is 4.35. The number of hydrogen-bond acceptors (Lipinski definition) is 6. The average Bonchev–Trinajstić information content (AvgIpc) is 3.10. The molecule has 4 heterocycles. The van der Waals surface area contributed by atoms with Crippen molar-refractivity contribution in [2.45, 2.75) is 44.8 Å². The quantitative estimate of drug-likeness (QED) is 0.861. The van der Waals surface area contributed by atoms with E-state index < -0.39 is 12.0 Å². The van der Waals surface area contributed by atoms with E-state index in [0.29, 0.717) is 19.5 Å². The van der Waals surface area contributed by atoms with Crippen LogP contribution < -0.4 is 4.90 Å². The number of H-pyrrole nitrogens is 1. The summed E-state index contributed by atoms with van der Waals surface area (Å²) >= 11 is 0. The first-order chi connectivity index (χ1) is 12.2. The van der Waals surface area contributed by atoms with E-state index in [1.165, 1.54) is 19.3 Å². The number of fused-ring (bicyclic) bond motifs is 1. The molecule has 0 aromatic carbocycles. The predicted octanol–water partition coefficient (Wildman–Crippen LogP) is 1.20. The van der Waals surface area contributed by atoms with Crippen molar-refractivity contribution in [2.24, 2.45) is 0 Å². The summed E-state index contributed by atoms with van der Waals surface area (Å²) in [7, 11) is 0. The summed E-state index contributed by atoms with van der Waals surface area (Å²) in [6.45, 7) is 3.07. The Morgan fingerprint density at radius 3 is 2.68 bits per heavy atom. The fourth-order valence-electron chi connectivity index (χ4n) is 3.62. The molecule has 0 spiro atoms. The summed E-state index contributed by atoms with van der Waals surface area (Å²) in [6.07, 6.45) is 9.33. The van der Waals surface area contributed by atoms with Gasteiger partial charge in [-0.1, -0.05) is 0 Å². The molecule has 0 aliphatic carbocycles. The summed E-state index contributed by atoms with van der Waals surface area (Å²) in [4.78, 5) is 32.1. The summed E-state index contributed by atoms with van der Waals surface area (Å²) in [5.41, 5.74) is 2.76. The number of nitrogens with one attached hydrogen (secondary N) is 1. The fraction of sp³-hybridized carbons (Fsp3) is 0.529. The van der Waals surface area contributed by atoms with Gasteiger partial charge in [0.1, 0.15) is 6.04 Å². The number of rotatable bonds is 4. The number of carboxylic acids is 1. The number of aromatic amines is 1. The molecule has 25 heavy (non-hydrogen) atoms. The Bertz CT molecular complexity index is 738. The molecular formula is C17H22N6O2. The number of imidazole rings is 1. The maximum absolute atomic E-state index is 11.6. The zero-order valence-electron chi connectivity index (χ0n) is 14.1. The number of nitrogens with zero attached hydrogens (tertiary/aromatic N) is 5. The molecule has 1 atom stereocenters. The molecule has 8 nitrogen and oxygen atoms in total. The minimum absolute atomic E-state index is 0.418. The van der Waals surface area contributed by atoms with Gasteiger partial charge in [0.2, 0.25) is 5.95 Å². The van der Waals surface area contributed by atoms with E-state index in [1.807, 2.05) is 17.3 Å². The van der Waals surface area contributed by atoms with Gasteiger partial charge in [0.05, 0.1) is 17.7 Å². The monoisotopic (exact) mass is 342 g/mol. The van der Waals surface area contributed by atoms with Gasteiger partial charge in [0.15, 0.2) is 0 Å². The Hall–Kier alpha value is -2.48. The first-order valence-corrected chi connectivity index (χ1v) is 8.74. The highest BCUT2D eigenvalue weighted by Gasteiger charge is 2.33. The first kappa shape index (κ1) is 16.0. The SMILES string of the molecule is O=C(O)C1Cc2nc[nH]c2CN1Cc1cnc(N2CCCCC2)nc1. The molecule has 2 aliphatic rings. The molecule has 1 fully saturated rings. The molecule has 0 saturated carbocycles. The number of aliphatic carboxylic acids is 1. The summed E-state index contributed by atoms with van der Waals surface area (Å²) in [5.74, 6) is -0.0489. The van der Waals surface area contributed by atoms with Crippen LogP contribution in [-0.4, -0.2) is 55.0 Å². The van der Waals surface area contributed by atoms with Crippen LogP contribution in [0.2, 0.25) is 0 Å². The molecular weight excluding hydrogens is 320 g/mol. The molecule has 0 amide bonds. The van der Waals surface area contributed by atoms with E-state index in [4.69, 9.17) is 0 Å². The van der Waals surface area contributed by atoms with Crippen LogP contribution in [0.5, 0.6) is 0 Å². The minimum Gasteiger partial charge on any atom is -0.480 e. The van der Waals surface area contributed by atoms with Crippen molar-refractivity contribution in [2.75, 3.05) is 18.0 Å². The van der Waals surface area contributed by atoms with Crippen LogP contribution in [0.1, 0.15) is 36.2 Å². The molecule has 8 heteroatoms. The van der Waals surface area contributed by atoms with E-state index in [2.05, 4.69) is 24.8 Å². The molecule has 1 saturated heterocycles. The number of anilines is 1. The van der Waals surface area contributed by atoms with Crippen LogP contribution in [-0.2, 0) is 24.3 Å². The van der Waals surface area contributed by atoms with Crippen LogP contribution in [0.25, 0.3) is 0 Å². The normalized spacial score (nSPS) is 21.1. The molecule has 0 bridgehead atoms. The summed E-state index contributed by atoms with van der Waals surface area (Å²) < 4.78 is 0. The van der Waals surface area contributed by atoms with E-state index in [-0.39, 0.29) is 0 Å². The van der Waals surface area contributed by atoms with E-state index in [9.17, 15) is 9.90 Å². The fourth-order valence-corrected chi connectivity index (χ4v) is 3.62. The van der Waals surface area contributed by atoms with E-state index in [0.717, 1.165) is 36.0 Å². The highest BCUT2D eigenvalue weighted by Crippen LogP contribution is 2.23. The second-order valence-electron chi connectivity index (χ2n) is 6.73. The predicted molar refractivity (Wildman–Crippen MR) is 91.1 cm³/mol. The van der Waals surface area contributed by atoms with Gasteiger partial charge < -0.3 is 15.0 Å². The van der Waals surface area contributed by atoms with Gasteiger partial charge in [-0.3, -0.25) is 9.69 Å². The van der Waals surface area contributed by atoms with Gasteiger partial charge in [-0.2, -0.15) is 0 Å². The maximum Gasteiger partial charge on any atom is 0.321 e. The van der Waals surface area contributed by atoms with E-state index >= 15 is 0 Å². The Morgan fingerprint density at radius 2 is 1.96 bits per heavy atom. The lowest BCUT2D eigenvalue weighted by Gasteiger charge is -2.32. The van der Waals surface area contributed by atoms with Crippen molar-refractivity contribution >= 4 is 11.9 Å². The third kappa shape index (κ3) is 3.34. The van der Waals surface area contributed by atoms with Crippen LogP contribution >= 0.6 is 0 Å². The number of hydrogen-bond donors (Lipinski definition) is 2. The largest absolute Gasteiger partial charge is 0.480 e. The van der Waals surface area contributed by atoms with Crippen molar-refractivity contribution in [3.8, 4) is 0 Å². The number of carboxylic acid groups (broad SMARTS) is 1. The van der Waals surface area contributed by atoms with Crippen LogP contribution in [0.15, 0.2) is 18.7 Å². The lowest BCUT2D eigenvalue weighted by molar-refractivity contribution is -0.144. The Morgan fingerprint density at radius 1 is 1.20 bits per heavy atom. The van der Waals surface area contributed by atoms with Crippen LogP contribution in [0, 0.1) is 0 Å². The van der Waals surface area contributed by atoms with Crippen molar-refractivity contribution in [3.05, 3.63) is 35.7 Å². The molecule has 132 valence electrons. The van der Waals surface area contributed by atoms with Gasteiger partial charge in [0, 0.05) is 50.6 Å². The first-order valence-electron chi connectivity index (χ1n) is 8.74. The number of carbonyl (C=O) groups is 1. The molecule has 2 aromatic rings. The molecule has 2 aliphatic heterocycles. The van der Waals surface area contributed by atoms with Crippen molar-refractivity contribution < 1.29 is 9.90 Å². The number of aromatic nitrogens is 4. The van der Waals surface area contributed by atoms with Crippen molar-refractivity contribution in [3.63, 3.8) is 0 Å². The van der Waals surface area contributed by atoms with E-state index in [1.54, 1.807) is 6.33 Å². The molecule has 0 radical (unpaired) electrons. The zero-order valence-corrected chi connectivity index (χ0v) is 14.1. The summed E-state index contributed by atoms with van der Waals surface area (Å²) in [5, 5.41) is 9.55. The lowest BCUT2D eigenvalue weighted by atomic mass is 10.0. The van der Waals surface area contributed by atoms with Crippen molar-refractivity contribution in [1.82, 2.24) is 24.8 Å². The number of piperidine rings is 1. The highest BCUT2D eigenvalue weighted by molar-refractivity contribution is 5.74. The standard InChI is InChI=1S/C17H22N6O2/c24-16(25)15-6-13-14(21-11-20-13)10-23(15)9-12-7-18-17(19-8-12)22-4-2-1-3-5-22/h7-8,11,15H,1-6,9-10H2,(H,20,21)(H,24,25). The average molecular weight is 342 g/mol. The van der Waals surface area contributed by atoms with Crippen LogP contribution in [0.3, 0.4) is 0 Å². The molecule has 2 N–H and O–H groups in total. The van der Waals surface area contributed by atoms with Gasteiger partial charge in [-0.25, -0.2) is 15.0 Å². The van der Waals surface area contributed by atoms with Crippen LogP contribution in [0.4, 0.5) is 5.95 Å². The highest BCUT2D eigenvalue weighted by atomic mass is 16.4. The molecule has 4 rings (SSSR count). The molecule has 2 aromatic heterocycles. The van der Waals surface area contributed by atoms with Gasteiger partial charge in [0.25, 0.3) is 0 Å². The summed E-state index contributed by atoms with van der Waals surface area (Å²) in [6, 6.07) is -0.572. The lowest BCUT2D eigenvalue weighted by Crippen LogP contribution is -2.45. The smallest absolute Gasteiger partial charge is 0.321 e. The third-order valence-electron chi connectivity index (χ3n) is 5.00. The van der Waals surface area contributed by atoms with Crippen molar-refractivity contribution in [1.29, 1.82) is 0 Å². The van der Waals surface area contributed by atoms with Gasteiger partial charge >= 0.3 is 5.97 Å². The Labute approximate surface area is 145 Å². The third-order valence-corrected chi connectivity index (χ3v) is 5.00. The van der Waals surface area contributed by atoms with Gasteiger partial charge in [-0.15, -0.1) is 0 Å². The minimum atomic E-state index is -0.820. The maximum atomic E-state index is 11.6. The zero-order chi connectivity index (χ0) is 17.2. The second-order valence-corrected chi connectivity index (χ2v) is 6.73. The second kappa shape index (κ2) is 6.79. The topological polar surface area (TPSA) is 98.2 Å². The van der Waals surface area contributed by atoms with Gasteiger partial charge in [-0.05, 0) is 19.3 Å².